The fraction of sp³-hybridized carbons (Fsp3) is 0.500. The van der Waals surface area contributed by atoms with Gasteiger partial charge >= 0.3 is 0 Å². The molecule has 1 aromatic heterocycles. The van der Waals surface area contributed by atoms with Gasteiger partial charge in [-0.3, -0.25) is 9.59 Å². The predicted molar refractivity (Wildman–Crippen MR) is 114 cm³/mol. The fourth-order valence-electron chi connectivity index (χ4n) is 5.27. The first kappa shape index (κ1) is 19.7. The zero-order valence-corrected chi connectivity index (χ0v) is 17.5. The number of carbonyl (C=O) groups excluding carboxylic acids is 2. The molecular formula is C24H31N3O2. The van der Waals surface area contributed by atoms with Crippen LogP contribution in [0.3, 0.4) is 0 Å². The van der Waals surface area contributed by atoms with E-state index in [2.05, 4.69) is 17.1 Å². The normalized spacial score (nSPS) is 20.1. The average molecular weight is 394 g/mol. The van der Waals surface area contributed by atoms with Crippen molar-refractivity contribution in [2.24, 2.45) is 7.05 Å². The van der Waals surface area contributed by atoms with Crippen LogP contribution in [0.25, 0.3) is 0 Å². The molecule has 0 radical (unpaired) electrons. The summed E-state index contributed by atoms with van der Waals surface area (Å²) in [5, 5.41) is 3.18. The lowest BCUT2D eigenvalue weighted by molar-refractivity contribution is -0.126. The molecule has 4 rings (SSSR count). The molecule has 1 N–H and O–H groups in total. The van der Waals surface area contributed by atoms with Gasteiger partial charge < -0.3 is 14.8 Å². The predicted octanol–water partition coefficient (Wildman–Crippen LogP) is 3.99. The van der Waals surface area contributed by atoms with Gasteiger partial charge in [-0.1, -0.05) is 44.4 Å². The Labute approximate surface area is 173 Å². The molecule has 2 aliphatic rings. The molecule has 2 heterocycles. The van der Waals surface area contributed by atoms with E-state index in [4.69, 9.17) is 0 Å². The minimum absolute atomic E-state index is 0.0366. The van der Waals surface area contributed by atoms with Crippen LogP contribution in [0.15, 0.2) is 42.6 Å². The van der Waals surface area contributed by atoms with Crippen LogP contribution in [-0.4, -0.2) is 33.4 Å². The van der Waals surface area contributed by atoms with Gasteiger partial charge in [0.05, 0.1) is 18.0 Å². The van der Waals surface area contributed by atoms with Gasteiger partial charge in [0.2, 0.25) is 5.91 Å². The molecule has 1 aromatic carbocycles. The van der Waals surface area contributed by atoms with Gasteiger partial charge in [-0.15, -0.1) is 0 Å². The molecule has 1 aliphatic heterocycles. The van der Waals surface area contributed by atoms with Crippen LogP contribution >= 0.6 is 0 Å². The molecule has 154 valence electrons. The van der Waals surface area contributed by atoms with Gasteiger partial charge in [0.15, 0.2) is 0 Å². The van der Waals surface area contributed by atoms with Crippen molar-refractivity contribution >= 4 is 11.8 Å². The molecule has 1 saturated carbocycles. The molecule has 5 heteroatoms. The van der Waals surface area contributed by atoms with Crippen LogP contribution in [0.5, 0.6) is 0 Å². The Morgan fingerprint density at radius 3 is 2.62 bits per heavy atom. The number of fused-ring (bicyclic) bond motifs is 1. The Balaban J connectivity index is 1.72. The maximum Gasteiger partial charge on any atom is 0.254 e. The highest BCUT2D eigenvalue weighted by molar-refractivity contribution is 6.02. The van der Waals surface area contributed by atoms with E-state index in [0.717, 1.165) is 56.3 Å². The molecule has 5 nitrogen and oxygen atoms in total. The van der Waals surface area contributed by atoms with Gasteiger partial charge in [-0.05, 0) is 43.0 Å². The first-order chi connectivity index (χ1) is 14.1. The second-order valence-corrected chi connectivity index (χ2v) is 8.47. The van der Waals surface area contributed by atoms with Crippen molar-refractivity contribution in [3.63, 3.8) is 0 Å². The number of nitrogens with one attached hydrogen (secondary N) is 1. The Morgan fingerprint density at radius 2 is 1.93 bits per heavy atom. The molecule has 1 atom stereocenters. The minimum Gasteiger partial charge on any atom is -0.353 e. The number of hydrogen-bond acceptors (Lipinski definition) is 2. The maximum absolute atomic E-state index is 13.6. The summed E-state index contributed by atoms with van der Waals surface area (Å²) in [7, 11) is 1.99. The number of benzene rings is 1. The maximum atomic E-state index is 13.6. The second kappa shape index (κ2) is 8.05. The van der Waals surface area contributed by atoms with E-state index in [1.54, 1.807) is 0 Å². The molecule has 29 heavy (non-hydrogen) atoms. The number of nitrogens with zero attached hydrogens (tertiary/aromatic N) is 2. The molecule has 0 bridgehead atoms. The third kappa shape index (κ3) is 3.37. The highest BCUT2D eigenvalue weighted by atomic mass is 16.2. The van der Waals surface area contributed by atoms with E-state index >= 15 is 0 Å². The quantitative estimate of drug-likeness (QED) is 0.807. The van der Waals surface area contributed by atoms with Crippen LogP contribution in [0.4, 0.5) is 0 Å². The molecule has 2 amide bonds. The first-order valence-electron chi connectivity index (χ1n) is 10.9. The highest BCUT2D eigenvalue weighted by Gasteiger charge is 2.55. The largest absolute Gasteiger partial charge is 0.353 e. The Hall–Kier alpha value is -2.56. The summed E-state index contributed by atoms with van der Waals surface area (Å²) >= 11 is 0. The number of rotatable bonds is 6. The van der Waals surface area contributed by atoms with Crippen LogP contribution in [0.1, 0.15) is 73.0 Å². The van der Waals surface area contributed by atoms with Gasteiger partial charge in [0, 0.05) is 31.0 Å². The smallest absolute Gasteiger partial charge is 0.254 e. The van der Waals surface area contributed by atoms with Gasteiger partial charge in [-0.2, -0.15) is 0 Å². The van der Waals surface area contributed by atoms with E-state index in [1.807, 2.05) is 54.2 Å². The number of hydrogen-bond donors (Lipinski definition) is 1. The third-order valence-corrected chi connectivity index (χ3v) is 6.78. The standard InChI is InChI=1S/C24H31N3O2/c1-3-4-16-27-23(29)20-12-6-5-11-19(20)21(24(27)13-7-8-14-24)22(28)25-17-18-10-9-15-26(18)2/h5-6,9-12,15,21H,3-4,7-8,13-14,16-17H2,1-2H3,(H,25,28). The van der Waals surface area contributed by atoms with Crippen LogP contribution in [0.2, 0.25) is 0 Å². The number of carbonyl (C=O) groups is 2. The van der Waals surface area contributed by atoms with E-state index in [1.165, 1.54) is 0 Å². The first-order valence-corrected chi connectivity index (χ1v) is 10.9. The molecule has 1 fully saturated rings. The highest BCUT2D eigenvalue weighted by Crippen LogP contribution is 2.50. The number of unbranched alkanes of at least 4 members (excludes halogenated alkanes) is 1. The summed E-state index contributed by atoms with van der Waals surface area (Å²) in [4.78, 5) is 29.1. The molecule has 1 unspecified atom stereocenters. The third-order valence-electron chi connectivity index (χ3n) is 6.78. The van der Waals surface area contributed by atoms with E-state index < -0.39 is 0 Å². The van der Waals surface area contributed by atoms with Crippen LogP contribution < -0.4 is 5.32 Å². The van der Waals surface area contributed by atoms with Crippen molar-refractivity contribution < 1.29 is 9.59 Å². The summed E-state index contributed by atoms with van der Waals surface area (Å²) in [6.07, 6.45) is 7.93. The van der Waals surface area contributed by atoms with Crippen molar-refractivity contribution in [2.75, 3.05) is 6.54 Å². The molecule has 0 saturated heterocycles. The van der Waals surface area contributed by atoms with Crippen molar-refractivity contribution in [3.8, 4) is 0 Å². The summed E-state index contributed by atoms with van der Waals surface area (Å²) in [6.45, 7) is 3.37. The van der Waals surface area contributed by atoms with Crippen molar-refractivity contribution in [1.29, 1.82) is 0 Å². The number of aryl methyl sites for hydroxylation is 1. The summed E-state index contributed by atoms with van der Waals surface area (Å²) in [5.41, 5.74) is 2.28. The molecule has 2 aromatic rings. The molecular weight excluding hydrogens is 362 g/mol. The van der Waals surface area contributed by atoms with E-state index in [9.17, 15) is 9.59 Å². The fourth-order valence-corrected chi connectivity index (χ4v) is 5.27. The van der Waals surface area contributed by atoms with Crippen molar-refractivity contribution in [2.45, 2.75) is 63.5 Å². The molecule has 1 aliphatic carbocycles. The number of amides is 2. The van der Waals surface area contributed by atoms with E-state index in [0.29, 0.717) is 12.1 Å². The lowest BCUT2D eigenvalue weighted by Crippen LogP contribution is -2.60. The lowest BCUT2D eigenvalue weighted by Gasteiger charge is -2.50. The minimum atomic E-state index is -0.390. The van der Waals surface area contributed by atoms with Gasteiger partial charge in [-0.25, -0.2) is 0 Å². The topological polar surface area (TPSA) is 54.3 Å². The summed E-state index contributed by atoms with van der Waals surface area (Å²) in [6, 6.07) is 11.7. The summed E-state index contributed by atoms with van der Waals surface area (Å²) in [5.74, 6) is -0.173. The number of aromatic nitrogens is 1. The zero-order chi connectivity index (χ0) is 20.4. The zero-order valence-electron chi connectivity index (χ0n) is 17.5. The monoisotopic (exact) mass is 393 g/mol. The van der Waals surface area contributed by atoms with Gasteiger partial charge in [0.1, 0.15) is 0 Å². The molecule has 1 spiro atoms. The van der Waals surface area contributed by atoms with Crippen LogP contribution in [0, 0.1) is 0 Å². The van der Waals surface area contributed by atoms with Crippen molar-refractivity contribution in [3.05, 3.63) is 59.4 Å². The Kier molecular flexibility index (Phi) is 5.48. The SMILES string of the molecule is CCCCN1C(=O)c2ccccc2C(C(=O)NCc2cccn2C)C12CCCC2. The van der Waals surface area contributed by atoms with E-state index in [-0.39, 0.29) is 23.3 Å². The lowest BCUT2D eigenvalue weighted by atomic mass is 9.71. The Morgan fingerprint density at radius 1 is 1.17 bits per heavy atom. The van der Waals surface area contributed by atoms with Gasteiger partial charge in [0.25, 0.3) is 5.91 Å². The summed E-state index contributed by atoms with van der Waals surface area (Å²) < 4.78 is 2.03. The average Bonchev–Trinajstić information content (AvgIpc) is 3.36. The van der Waals surface area contributed by atoms with Crippen LogP contribution in [-0.2, 0) is 18.4 Å². The second-order valence-electron chi connectivity index (χ2n) is 8.47. The van der Waals surface area contributed by atoms with Crippen molar-refractivity contribution in [1.82, 2.24) is 14.8 Å². The Bertz CT molecular complexity index is 895.